The number of aryl methyl sites for hydroxylation is 1. The Morgan fingerprint density at radius 2 is 1.85 bits per heavy atom. The second-order valence-electron chi connectivity index (χ2n) is 4.03. The molecule has 0 aliphatic heterocycles. The number of benzene rings is 1. The summed E-state index contributed by atoms with van der Waals surface area (Å²) in [6.45, 7) is 1.82. The SMILES string of the molecule is Cc1ccc(S(=O)(=O)Oc2cnccc2C(=O)O)cc1. The van der Waals surface area contributed by atoms with Gasteiger partial charge in [-0.1, -0.05) is 17.7 Å². The molecule has 6 nitrogen and oxygen atoms in total. The molecular weight excluding hydrogens is 282 g/mol. The van der Waals surface area contributed by atoms with E-state index in [0.29, 0.717) is 0 Å². The van der Waals surface area contributed by atoms with E-state index in [9.17, 15) is 13.2 Å². The van der Waals surface area contributed by atoms with Crippen molar-refractivity contribution in [2.24, 2.45) is 0 Å². The minimum Gasteiger partial charge on any atom is -0.478 e. The zero-order chi connectivity index (χ0) is 14.8. The van der Waals surface area contributed by atoms with Gasteiger partial charge in [0.25, 0.3) is 0 Å². The normalized spacial score (nSPS) is 11.1. The number of pyridine rings is 1. The highest BCUT2D eigenvalue weighted by Crippen LogP contribution is 2.22. The lowest BCUT2D eigenvalue weighted by Crippen LogP contribution is -2.12. The Balaban J connectivity index is 2.38. The third-order valence-electron chi connectivity index (χ3n) is 2.52. The molecule has 0 saturated carbocycles. The molecule has 104 valence electrons. The predicted octanol–water partition coefficient (Wildman–Crippen LogP) is 1.86. The molecule has 2 aromatic rings. The minimum absolute atomic E-state index is 0.0525. The molecule has 0 atom stereocenters. The van der Waals surface area contributed by atoms with Crippen LogP contribution in [0.2, 0.25) is 0 Å². The number of hydrogen-bond acceptors (Lipinski definition) is 5. The Morgan fingerprint density at radius 3 is 2.45 bits per heavy atom. The van der Waals surface area contributed by atoms with Crippen LogP contribution in [0.3, 0.4) is 0 Å². The van der Waals surface area contributed by atoms with Gasteiger partial charge in [-0.2, -0.15) is 8.42 Å². The van der Waals surface area contributed by atoms with Gasteiger partial charge in [-0.15, -0.1) is 0 Å². The molecule has 0 fully saturated rings. The summed E-state index contributed by atoms with van der Waals surface area (Å²) < 4.78 is 28.9. The van der Waals surface area contributed by atoms with E-state index in [-0.39, 0.29) is 16.2 Å². The van der Waals surface area contributed by atoms with Crippen molar-refractivity contribution < 1.29 is 22.5 Å². The van der Waals surface area contributed by atoms with Gasteiger partial charge in [0, 0.05) is 6.20 Å². The summed E-state index contributed by atoms with van der Waals surface area (Å²) in [4.78, 5) is 14.6. The van der Waals surface area contributed by atoms with Crippen molar-refractivity contribution in [3.05, 3.63) is 53.9 Å². The van der Waals surface area contributed by atoms with Gasteiger partial charge < -0.3 is 9.29 Å². The molecule has 0 aliphatic carbocycles. The van der Waals surface area contributed by atoms with Gasteiger partial charge in [-0.05, 0) is 25.1 Å². The molecule has 1 aromatic carbocycles. The molecule has 0 amide bonds. The van der Waals surface area contributed by atoms with Crippen LogP contribution in [0.1, 0.15) is 15.9 Å². The number of carboxylic acid groups (broad SMARTS) is 1. The lowest BCUT2D eigenvalue weighted by atomic mass is 10.2. The zero-order valence-corrected chi connectivity index (χ0v) is 11.3. The van der Waals surface area contributed by atoms with Gasteiger partial charge in [-0.25, -0.2) is 4.79 Å². The summed E-state index contributed by atoms with van der Waals surface area (Å²) in [6, 6.07) is 7.19. The standard InChI is InChI=1S/C13H11NO5S/c1-9-2-4-10(5-3-9)20(17,18)19-12-8-14-7-6-11(12)13(15)16/h2-8H,1H3,(H,15,16). The first-order chi connectivity index (χ1) is 9.40. The van der Waals surface area contributed by atoms with Crippen LogP contribution in [0.5, 0.6) is 5.75 Å². The van der Waals surface area contributed by atoms with Crippen LogP contribution in [-0.4, -0.2) is 24.5 Å². The van der Waals surface area contributed by atoms with Crippen molar-refractivity contribution >= 4 is 16.1 Å². The van der Waals surface area contributed by atoms with E-state index in [1.165, 1.54) is 24.4 Å². The molecule has 0 bridgehead atoms. The van der Waals surface area contributed by atoms with Gasteiger partial charge in [0.1, 0.15) is 10.5 Å². The van der Waals surface area contributed by atoms with Crippen molar-refractivity contribution in [2.75, 3.05) is 0 Å². The van der Waals surface area contributed by atoms with E-state index in [2.05, 4.69) is 4.98 Å². The molecule has 0 spiro atoms. The summed E-state index contributed by atoms with van der Waals surface area (Å²) in [5.74, 6) is -1.61. The fourth-order valence-electron chi connectivity index (χ4n) is 1.49. The van der Waals surface area contributed by atoms with E-state index in [1.54, 1.807) is 12.1 Å². The smallest absolute Gasteiger partial charge is 0.339 e. The maximum absolute atomic E-state index is 12.0. The van der Waals surface area contributed by atoms with Gasteiger partial charge in [0.2, 0.25) is 0 Å². The van der Waals surface area contributed by atoms with Crippen molar-refractivity contribution in [3.8, 4) is 5.75 Å². The van der Waals surface area contributed by atoms with Crippen molar-refractivity contribution in [1.82, 2.24) is 4.98 Å². The average molecular weight is 293 g/mol. The van der Waals surface area contributed by atoms with Gasteiger partial charge in [0.15, 0.2) is 5.75 Å². The second kappa shape index (κ2) is 5.30. The van der Waals surface area contributed by atoms with Crippen molar-refractivity contribution in [3.63, 3.8) is 0 Å². The number of rotatable bonds is 4. The zero-order valence-electron chi connectivity index (χ0n) is 10.5. The highest BCUT2D eigenvalue weighted by molar-refractivity contribution is 7.87. The molecule has 0 radical (unpaired) electrons. The topological polar surface area (TPSA) is 93.6 Å². The van der Waals surface area contributed by atoms with Crippen LogP contribution >= 0.6 is 0 Å². The first-order valence-corrected chi connectivity index (χ1v) is 6.99. The van der Waals surface area contributed by atoms with Crippen LogP contribution < -0.4 is 4.18 Å². The van der Waals surface area contributed by atoms with Crippen molar-refractivity contribution in [2.45, 2.75) is 11.8 Å². The molecule has 1 aromatic heterocycles. The first kappa shape index (κ1) is 14.0. The molecule has 1 N–H and O–H groups in total. The van der Waals surface area contributed by atoms with Gasteiger partial charge in [0.05, 0.1) is 6.20 Å². The van der Waals surface area contributed by atoms with E-state index in [0.717, 1.165) is 11.8 Å². The minimum atomic E-state index is -4.09. The third kappa shape index (κ3) is 2.94. The Bertz CT molecular complexity index is 738. The summed E-state index contributed by atoms with van der Waals surface area (Å²) in [7, 11) is -4.09. The molecule has 0 aliphatic rings. The molecule has 1 heterocycles. The van der Waals surface area contributed by atoms with Crippen LogP contribution in [0.25, 0.3) is 0 Å². The molecule has 20 heavy (non-hydrogen) atoms. The quantitative estimate of drug-likeness (QED) is 0.865. The summed E-state index contributed by atoms with van der Waals surface area (Å²) in [5, 5.41) is 8.97. The molecule has 2 rings (SSSR count). The predicted molar refractivity (Wildman–Crippen MR) is 70.2 cm³/mol. The maximum atomic E-state index is 12.0. The summed E-state index contributed by atoms with van der Waals surface area (Å²) in [6.07, 6.45) is 2.30. The first-order valence-electron chi connectivity index (χ1n) is 5.58. The highest BCUT2D eigenvalue weighted by Gasteiger charge is 2.20. The lowest BCUT2D eigenvalue weighted by Gasteiger charge is -2.08. The number of aromatic nitrogens is 1. The molecule has 7 heteroatoms. The number of aromatic carboxylic acids is 1. The van der Waals surface area contributed by atoms with Crippen LogP contribution in [-0.2, 0) is 10.1 Å². The Hall–Kier alpha value is -2.41. The van der Waals surface area contributed by atoms with Gasteiger partial charge >= 0.3 is 16.1 Å². The molecular formula is C13H11NO5S. The fraction of sp³-hybridized carbons (Fsp3) is 0.0769. The van der Waals surface area contributed by atoms with Gasteiger partial charge in [-0.3, -0.25) is 4.98 Å². The van der Waals surface area contributed by atoms with E-state index >= 15 is 0 Å². The van der Waals surface area contributed by atoms with Crippen molar-refractivity contribution in [1.29, 1.82) is 0 Å². The largest absolute Gasteiger partial charge is 0.478 e. The fourth-order valence-corrected chi connectivity index (χ4v) is 2.43. The second-order valence-corrected chi connectivity index (χ2v) is 5.57. The van der Waals surface area contributed by atoms with E-state index in [1.807, 2.05) is 6.92 Å². The van der Waals surface area contributed by atoms with Crippen LogP contribution in [0.15, 0.2) is 47.6 Å². The monoisotopic (exact) mass is 293 g/mol. The number of hydrogen-bond donors (Lipinski definition) is 1. The lowest BCUT2D eigenvalue weighted by molar-refractivity contribution is 0.0695. The summed E-state index contributed by atoms with van der Waals surface area (Å²) in [5.41, 5.74) is 0.632. The molecule has 0 unspecified atom stereocenters. The highest BCUT2D eigenvalue weighted by atomic mass is 32.2. The third-order valence-corrected chi connectivity index (χ3v) is 3.77. The summed E-state index contributed by atoms with van der Waals surface area (Å²) >= 11 is 0. The Labute approximate surface area is 115 Å². The van der Waals surface area contributed by atoms with Crippen LogP contribution in [0.4, 0.5) is 0 Å². The number of carbonyl (C=O) groups is 1. The average Bonchev–Trinajstić information content (AvgIpc) is 2.39. The van der Waals surface area contributed by atoms with E-state index in [4.69, 9.17) is 9.29 Å². The molecule has 0 saturated heterocycles. The number of nitrogens with zero attached hydrogens (tertiary/aromatic N) is 1. The van der Waals surface area contributed by atoms with E-state index < -0.39 is 16.1 Å². The number of carboxylic acids is 1. The maximum Gasteiger partial charge on any atom is 0.339 e. The Kier molecular flexibility index (Phi) is 3.71. The van der Waals surface area contributed by atoms with Crippen LogP contribution in [0, 0.1) is 6.92 Å². The Morgan fingerprint density at radius 1 is 1.20 bits per heavy atom.